The number of nitrogens with zero attached hydrogens (tertiary/aromatic N) is 1. The van der Waals surface area contributed by atoms with Gasteiger partial charge in [-0.2, -0.15) is 5.10 Å². The van der Waals surface area contributed by atoms with Gasteiger partial charge in [0.05, 0.1) is 6.20 Å². The zero-order chi connectivity index (χ0) is 7.52. The normalized spacial score (nSPS) is 18.9. The number of aromatic nitrogens is 2. The fourth-order valence-electron chi connectivity index (χ4n) is 1.63. The van der Waals surface area contributed by atoms with E-state index >= 15 is 0 Å². The monoisotopic (exact) mass is 151 g/mol. The summed E-state index contributed by atoms with van der Waals surface area (Å²) in [5.41, 5.74) is 0. The molecule has 0 unspecified atom stereocenters. The van der Waals surface area contributed by atoms with Crippen LogP contribution in [-0.2, 0) is 0 Å². The van der Waals surface area contributed by atoms with Gasteiger partial charge in [-0.05, 0) is 18.9 Å². The van der Waals surface area contributed by atoms with Crippen LogP contribution in [0.3, 0.4) is 0 Å². The molecule has 1 saturated carbocycles. The molecule has 0 bridgehead atoms. The van der Waals surface area contributed by atoms with Crippen LogP contribution < -0.4 is 5.32 Å². The van der Waals surface area contributed by atoms with E-state index in [4.69, 9.17) is 0 Å². The van der Waals surface area contributed by atoms with Crippen molar-refractivity contribution >= 4 is 5.82 Å². The molecule has 2 rings (SSSR count). The Morgan fingerprint density at radius 1 is 1.45 bits per heavy atom. The number of hydrogen-bond donors (Lipinski definition) is 2. The van der Waals surface area contributed by atoms with E-state index in [0.717, 1.165) is 5.82 Å². The lowest BCUT2D eigenvalue weighted by Crippen LogP contribution is -2.14. The van der Waals surface area contributed by atoms with Crippen LogP contribution in [0.1, 0.15) is 25.7 Å². The Morgan fingerprint density at radius 3 is 2.91 bits per heavy atom. The van der Waals surface area contributed by atoms with Crippen molar-refractivity contribution < 1.29 is 0 Å². The molecule has 1 aromatic heterocycles. The predicted octanol–water partition coefficient (Wildman–Crippen LogP) is 1.76. The Labute approximate surface area is 66.2 Å². The lowest BCUT2D eigenvalue weighted by atomic mass is 10.2. The molecule has 1 aromatic rings. The topological polar surface area (TPSA) is 40.7 Å². The van der Waals surface area contributed by atoms with Gasteiger partial charge < -0.3 is 5.32 Å². The third-order valence-corrected chi connectivity index (χ3v) is 2.22. The van der Waals surface area contributed by atoms with Gasteiger partial charge in [0.1, 0.15) is 5.82 Å². The van der Waals surface area contributed by atoms with Gasteiger partial charge in [0, 0.05) is 6.04 Å². The molecule has 1 heterocycles. The summed E-state index contributed by atoms with van der Waals surface area (Å²) in [6, 6.07) is 2.65. The predicted molar refractivity (Wildman–Crippen MR) is 44.5 cm³/mol. The molecule has 0 saturated heterocycles. The number of aromatic amines is 1. The molecule has 3 nitrogen and oxygen atoms in total. The molecule has 11 heavy (non-hydrogen) atoms. The third-order valence-electron chi connectivity index (χ3n) is 2.22. The Balaban J connectivity index is 1.90. The van der Waals surface area contributed by atoms with Crippen LogP contribution in [0.5, 0.6) is 0 Å². The molecule has 1 fully saturated rings. The Morgan fingerprint density at radius 2 is 2.27 bits per heavy atom. The van der Waals surface area contributed by atoms with Crippen LogP contribution in [0.4, 0.5) is 5.82 Å². The van der Waals surface area contributed by atoms with E-state index in [1.807, 2.05) is 6.07 Å². The molecule has 0 radical (unpaired) electrons. The van der Waals surface area contributed by atoms with Crippen molar-refractivity contribution in [3.05, 3.63) is 12.3 Å². The molecule has 0 aromatic carbocycles. The van der Waals surface area contributed by atoms with E-state index in [0.29, 0.717) is 6.04 Å². The minimum absolute atomic E-state index is 0.676. The number of anilines is 1. The average molecular weight is 151 g/mol. The molecule has 2 N–H and O–H groups in total. The van der Waals surface area contributed by atoms with Crippen molar-refractivity contribution in [2.75, 3.05) is 5.32 Å². The summed E-state index contributed by atoms with van der Waals surface area (Å²) < 4.78 is 0. The molecular formula is C8H13N3. The molecule has 1 aliphatic carbocycles. The third kappa shape index (κ3) is 1.53. The molecule has 60 valence electrons. The zero-order valence-electron chi connectivity index (χ0n) is 6.51. The molecule has 0 spiro atoms. The van der Waals surface area contributed by atoms with E-state index < -0.39 is 0 Å². The first-order valence-electron chi connectivity index (χ1n) is 4.21. The first kappa shape index (κ1) is 6.70. The molecule has 1 aliphatic rings. The van der Waals surface area contributed by atoms with Crippen LogP contribution in [0, 0.1) is 0 Å². The molecule has 3 heteroatoms. The van der Waals surface area contributed by atoms with E-state index in [1.54, 1.807) is 6.20 Å². The van der Waals surface area contributed by atoms with Crippen molar-refractivity contribution in [3.63, 3.8) is 0 Å². The fourth-order valence-corrected chi connectivity index (χ4v) is 1.63. The van der Waals surface area contributed by atoms with Gasteiger partial charge in [0.2, 0.25) is 0 Å². The van der Waals surface area contributed by atoms with Crippen LogP contribution in [0.25, 0.3) is 0 Å². The van der Waals surface area contributed by atoms with E-state index in [1.165, 1.54) is 25.7 Å². The first-order valence-corrected chi connectivity index (χ1v) is 4.21. The largest absolute Gasteiger partial charge is 0.368 e. The van der Waals surface area contributed by atoms with Gasteiger partial charge in [0.25, 0.3) is 0 Å². The second-order valence-corrected chi connectivity index (χ2v) is 3.10. The SMILES string of the molecule is c1cc(NC2CCCC2)[nH]n1. The van der Waals surface area contributed by atoms with Crippen LogP contribution >= 0.6 is 0 Å². The lowest BCUT2D eigenvalue weighted by molar-refractivity contribution is 0.749. The van der Waals surface area contributed by atoms with Gasteiger partial charge in [-0.25, -0.2) is 0 Å². The van der Waals surface area contributed by atoms with Gasteiger partial charge >= 0.3 is 0 Å². The van der Waals surface area contributed by atoms with Crippen molar-refractivity contribution in [2.24, 2.45) is 0 Å². The summed E-state index contributed by atoms with van der Waals surface area (Å²) >= 11 is 0. The lowest BCUT2D eigenvalue weighted by Gasteiger charge is -2.09. The number of rotatable bonds is 2. The van der Waals surface area contributed by atoms with Gasteiger partial charge in [-0.3, -0.25) is 5.10 Å². The summed E-state index contributed by atoms with van der Waals surface area (Å²) in [6.07, 6.45) is 7.12. The van der Waals surface area contributed by atoms with Gasteiger partial charge in [0.15, 0.2) is 0 Å². The molecule has 0 aliphatic heterocycles. The Bertz CT molecular complexity index is 199. The van der Waals surface area contributed by atoms with Gasteiger partial charge in [-0.1, -0.05) is 12.8 Å². The summed E-state index contributed by atoms with van der Waals surface area (Å²) in [5.74, 6) is 1.05. The second-order valence-electron chi connectivity index (χ2n) is 3.10. The second kappa shape index (κ2) is 2.95. The molecule has 0 atom stereocenters. The Kier molecular flexibility index (Phi) is 1.79. The number of hydrogen-bond acceptors (Lipinski definition) is 2. The highest BCUT2D eigenvalue weighted by Gasteiger charge is 2.14. The van der Waals surface area contributed by atoms with E-state index in [2.05, 4.69) is 15.5 Å². The maximum Gasteiger partial charge on any atom is 0.121 e. The standard InChI is InChI=1S/C8H13N3/c1-2-4-7(3-1)10-8-5-6-9-11-8/h5-7H,1-4H2,(H2,9,10,11). The molecular weight excluding hydrogens is 138 g/mol. The van der Waals surface area contributed by atoms with Crippen molar-refractivity contribution in [3.8, 4) is 0 Å². The maximum absolute atomic E-state index is 3.88. The summed E-state index contributed by atoms with van der Waals surface area (Å²) in [6.45, 7) is 0. The fraction of sp³-hybridized carbons (Fsp3) is 0.625. The minimum atomic E-state index is 0.676. The summed E-state index contributed by atoms with van der Waals surface area (Å²) in [5, 5.41) is 10.2. The van der Waals surface area contributed by atoms with Crippen molar-refractivity contribution in [1.29, 1.82) is 0 Å². The van der Waals surface area contributed by atoms with E-state index in [9.17, 15) is 0 Å². The molecule has 0 amide bonds. The van der Waals surface area contributed by atoms with Crippen LogP contribution in [-0.4, -0.2) is 16.2 Å². The van der Waals surface area contributed by atoms with Crippen molar-refractivity contribution in [1.82, 2.24) is 10.2 Å². The van der Waals surface area contributed by atoms with Crippen molar-refractivity contribution in [2.45, 2.75) is 31.7 Å². The highest BCUT2D eigenvalue weighted by Crippen LogP contribution is 2.20. The van der Waals surface area contributed by atoms with Crippen LogP contribution in [0.15, 0.2) is 12.3 Å². The summed E-state index contributed by atoms with van der Waals surface area (Å²) in [4.78, 5) is 0. The van der Waals surface area contributed by atoms with Crippen LogP contribution in [0.2, 0.25) is 0 Å². The smallest absolute Gasteiger partial charge is 0.121 e. The average Bonchev–Trinajstić information content (AvgIpc) is 2.60. The quantitative estimate of drug-likeness (QED) is 0.676. The summed E-state index contributed by atoms with van der Waals surface area (Å²) in [7, 11) is 0. The highest BCUT2D eigenvalue weighted by atomic mass is 15.2. The Hall–Kier alpha value is -0.990. The zero-order valence-corrected chi connectivity index (χ0v) is 6.51. The maximum atomic E-state index is 3.88. The minimum Gasteiger partial charge on any atom is -0.368 e. The number of H-pyrrole nitrogens is 1. The first-order chi connectivity index (χ1) is 5.45. The van der Waals surface area contributed by atoms with E-state index in [-0.39, 0.29) is 0 Å². The number of nitrogens with one attached hydrogen (secondary N) is 2. The van der Waals surface area contributed by atoms with Gasteiger partial charge in [-0.15, -0.1) is 0 Å². The highest BCUT2D eigenvalue weighted by molar-refractivity contribution is 5.33.